The standard InChI is InChI=1S/C22H24N2O2/c1-14-9-10-18-13-19(22(26)24-21(18)15(14)2)11-12-20(25)23-16(3)17-7-5-4-6-8-17/h4-10,13,16H,11-12H2,1-3H3,(H,23,25)(H,24,26). The smallest absolute Gasteiger partial charge is 0.251 e. The van der Waals surface area contributed by atoms with Gasteiger partial charge in [0.15, 0.2) is 0 Å². The van der Waals surface area contributed by atoms with Gasteiger partial charge in [-0.05, 0) is 55.3 Å². The molecule has 2 aromatic carbocycles. The summed E-state index contributed by atoms with van der Waals surface area (Å²) in [5.74, 6) is -0.0547. The minimum atomic E-state index is -0.116. The summed E-state index contributed by atoms with van der Waals surface area (Å²) >= 11 is 0. The molecular formula is C22H24N2O2. The van der Waals surface area contributed by atoms with E-state index in [0.29, 0.717) is 12.0 Å². The summed E-state index contributed by atoms with van der Waals surface area (Å²) in [6.45, 7) is 5.99. The average molecular weight is 348 g/mol. The Bertz CT molecular complexity index is 990. The van der Waals surface area contributed by atoms with E-state index in [2.05, 4.69) is 10.3 Å². The fourth-order valence-corrected chi connectivity index (χ4v) is 3.14. The summed E-state index contributed by atoms with van der Waals surface area (Å²) in [5, 5.41) is 3.99. The van der Waals surface area contributed by atoms with Gasteiger partial charge in [0.05, 0.1) is 11.6 Å². The number of aromatic nitrogens is 1. The zero-order valence-corrected chi connectivity index (χ0v) is 15.4. The Morgan fingerprint density at radius 3 is 2.58 bits per heavy atom. The highest BCUT2D eigenvalue weighted by molar-refractivity contribution is 5.83. The highest BCUT2D eigenvalue weighted by Gasteiger charge is 2.11. The molecule has 134 valence electrons. The normalized spacial score (nSPS) is 12.1. The Morgan fingerprint density at radius 1 is 1.12 bits per heavy atom. The van der Waals surface area contributed by atoms with Crippen molar-refractivity contribution in [2.45, 2.75) is 39.7 Å². The largest absolute Gasteiger partial charge is 0.350 e. The fraction of sp³-hybridized carbons (Fsp3) is 0.273. The van der Waals surface area contributed by atoms with Crippen LogP contribution in [0.5, 0.6) is 0 Å². The molecule has 1 atom stereocenters. The first-order valence-electron chi connectivity index (χ1n) is 8.92. The first-order chi connectivity index (χ1) is 12.5. The average Bonchev–Trinajstić information content (AvgIpc) is 2.64. The van der Waals surface area contributed by atoms with E-state index >= 15 is 0 Å². The van der Waals surface area contributed by atoms with Crippen LogP contribution in [0.15, 0.2) is 53.3 Å². The van der Waals surface area contributed by atoms with Crippen molar-refractivity contribution in [3.05, 3.63) is 81.1 Å². The summed E-state index contributed by atoms with van der Waals surface area (Å²) in [4.78, 5) is 27.6. The van der Waals surface area contributed by atoms with Gasteiger partial charge in [-0.25, -0.2) is 0 Å². The minimum absolute atomic E-state index is 0.0517. The molecule has 26 heavy (non-hydrogen) atoms. The quantitative estimate of drug-likeness (QED) is 0.733. The molecule has 3 rings (SSSR count). The summed E-state index contributed by atoms with van der Waals surface area (Å²) in [6, 6.07) is 15.7. The first kappa shape index (κ1) is 17.9. The van der Waals surface area contributed by atoms with Gasteiger partial charge in [-0.2, -0.15) is 0 Å². The highest BCUT2D eigenvalue weighted by atomic mass is 16.1. The number of nitrogens with one attached hydrogen (secondary N) is 2. The molecule has 0 saturated heterocycles. The lowest BCUT2D eigenvalue weighted by molar-refractivity contribution is -0.121. The van der Waals surface area contributed by atoms with Crippen molar-refractivity contribution < 1.29 is 4.79 Å². The lowest BCUT2D eigenvalue weighted by atomic mass is 10.0. The van der Waals surface area contributed by atoms with E-state index in [4.69, 9.17) is 0 Å². The molecule has 1 heterocycles. The Kier molecular flexibility index (Phi) is 5.21. The van der Waals surface area contributed by atoms with Crippen LogP contribution in [0.1, 0.15) is 41.6 Å². The number of rotatable bonds is 5. The van der Waals surface area contributed by atoms with Gasteiger partial charge in [-0.1, -0.05) is 42.5 Å². The molecule has 3 aromatic rings. The maximum Gasteiger partial charge on any atom is 0.251 e. The second-order valence-electron chi connectivity index (χ2n) is 6.80. The third kappa shape index (κ3) is 3.85. The molecule has 0 aliphatic heterocycles. The maximum atomic E-state index is 12.4. The lowest BCUT2D eigenvalue weighted by Gasteiger charge is -2.14. The van der Waals surface area contributed by atoms with E-state index in [1.54, 1.807) is 0 Å². The Labute approximate surface area is 153 Å². The maximum absolute atomic E-state index is 12.4. The van der Waals surface area contributed by atoms with Crippen molar-refractivity contribution in [2.75, 3.05) is 0 Å². The van der Waals surface area contributed by atoms with Crippen LogP contribution in [-0.2, 0) is 11.2 Å². The van der Waals surface area contributed by atoms with Crippen molar-refractivity contribution in [3.8, 4) is 0 Å². The second-order valence-corrected chi connectivity index (χ2v) is 6.80. The molecule has 1 aromatic heterocycles. The van der Waals surface area contributed by atoms with Crippen molar-refractivity contribution in [3.63, 3.8) is 0 Å². The molecule has 0 radical (unpaired) electrons. The predicted molar refractivity (Wildman–Crippen MR) is 105 cm³/mol. The molecule has 4 heteroatoms. The molecule has 0 spiro atoms. The minimum Gasteiger partial charge on any atom is -0.350 e. The number of pyridine rings is 1. The van der Waals surface area contributed by atoms with Crippen LogP contribution in [0.4, 0.5) is 0 Å². The monoisotopic (exact) mass is 348 g/mol. The molecule has 0 aliphatic carbocycles. The van der Waals surface area contributed by atoms with Crippen LogP contribution in [0, 0.1) is 13.8 Å². The summed E-state index contributed by atoms with van der Waals surface area (Å²) in [5.41, 5.74) is 4.70. The van der Waals surface area contributed by atoms with Crippen molar-refractivity contribution in [1.29, 1.82) is 0 Å². The summed E-state index contributed by atoms with van der Waals surface area (Å²) < 4.78 is 0. The SMILES string of the molecule is Cc1ccc2cc(CCC(=O)NC(C)c3ccccc3)c(=O)[nH]c2c1C. The van der Waals surface area contributed by atoms with Crippen LogP contribution >= 0.6 is 0 Å². The highest BCUT2D eigenvalue weighted by Crippen LogP contribution is 2.19. The van der Waals surface area contributed by atoms with Gasteiger partial charge >= 0.3 is 0 Å². The van der Waals surface area contributed by atoms with Gasteiger partial charge in [0.1, 0.15) is 0 Å². The van der Waals surface area contributed by atoms with E-state index in [9.17, 15) is 9.59 Å². The third-order valence-corrected chi connectivity index (χ3v) is 4.93. The van der Waals surface area contributed by atoms with E-state index in [1.165, 1.54) is 0 Å². The number of hydrogen-bond acceptors (Lipinski definition) is 2. The van der Waals surface area contributed by atoms with Crippen molar-refractivity contribution in [1.82, 2.24) is 10.3 Å². The summed E-state index contributed by atoms with van der Waals surface area (Å²) in [7, 11) is 0. The Morgan fingerprint density at radius 2 is 1.85 bits per heavy atom. The van der Waals surface area contributed by atoms with Crippen LogP contribution in [-0.4, -0.2) is 10.9 Å². The topological polar surface area (TPSA) is 62.0 Å². The molecular weight excluding hydrogens is 324 g/mol. The third-order valence-electron chi connectivity index (χ3n) is 4.93. The predicted octanol–water partition coefficient (Wildman–Crippen LogP) is 3.95. The molecule has 1 unspecified atom stereocenters. The molecule has 0 aliphatic rings. The number of aryl methyl sites for hydroxylation is 3. The molecule has 0 bridgehead atoms. The number of fused-ring (bicyclic) bond motifs is 1. The van der Waals surface area contributed by atoms with Gasteiger partial charge in [0.2, 0.25) is 5.91 Å². The second kappa shape index (κ2) is 7.56. The van der Waals surface area contributed by atoms with Gasteiger partial charge in [-0.15, -0.1) is 0 Å². The zero-order valence-electron chi connectivity index (χ0n) is 15.4. The van der Waals surface area contributed by atoms with E-state index in [1.807, 2.05) is 69.3 Å². The van der Waals surface area contributed by atoms with E-state index in [-0.39, 0.29) is 23.9 Å². The number of carbonyl (C=O) groups excluding carboxylic acids is 1. The number of benzene rings is 2. The van der Waals surface area contributed by atoms with Crippen molar-refractivity contribution in [2.24, 2.45) is 0 Å². The van der Waals surface area contributed by atoms with Gasteiger partial charge in [0, 0.05) is 12.0 Å². The number of aromatic amines is 1. The molecule has 0 fully saturated rings. The number of amides is 1. The Hall–Kier alpha value is -2.88. The van der Waals surface area contributed by atoms with Gasteiger partial charge < -0.3 is 10.3 Å². The van der Waals surface area contributed by atoms with Crippen LogP contribution in [0.25, 0.3) is 10.9 Å². The van der Waals surface area contributed by atoms with Crippen LogP contribution in [0.2, 0.25) is 0 Å². The number of H-pyrrole nitrogens is 1. The van der Waals surface area contributed by atoms with Crippen molar-refractivity contribution >= 4 is 16.8 Å². The molecule has 4 nitrogen and oxygen atoms in total. The fourth-order valence-electron chi connectivity index (χ4n) is 3.14. The van der Waals surface area contributed by atoms with Gasteiger partial charge in [0.25, 0.3) is 5.56 Å². The van der Waals surface area contributed by atoms with Gasteiger partial charge in [-0.3, -0.25) is 9.59 Å². The van der Waals surface area contributed by atoms with Crippen LogP contribution < -0.4 is 10.9 Å². The zero-order chi connectivity index (χ0) is 18.7. The van der Waals surface area contributed by atoms with E-state index in [0.717, 1.165) is 27.6 Å². The van der Waals surface area contributed by atoms with E-state index < -0.39 is 0 Å². The Balaban J connectivity index is 1.69. The molecule has 0 saturated carbocycles. The molecule has 2 N–H and O–H groups in total. The molecule has 1 amide bonds. The first-order valence-corrected chi connectivity index (χ1v) is 8.92. The number of carbonyl (C=O) groups is 1. The van der Waals surface area contributed by atoms with Crippen LogP contribution in [0.3, 0.4) is 0 Å². The lowest BCUT2D eigenvalue weighted by Crippen LogP contribution is -2.27. The number of hydrogen-bond donors (Lipinski definition) is 2. The summed E-state index contributed by atoms with van der Waals surface area (Å²) in [6.07, 6.45) is 0.710.